The first-order valence-electron chi connectivity index (χ1n) is 5.45. The maximum Gasteiger partial charge on any atom is 0.175 e. The van der Waals surface area contributed by atoms with Crippen molar-refractivity contribution < 1.29 is 14.3 Å². The molecular weight excluding hydrogens is 432 g/mol. The summed E-state index contributed by atoms with van der Waals surface area (Å²) in [4.78, 5) is 11.9. The third-order valence-corrected chi connectivity index (χ3v) is 4.34. The van der Waals surface area contributed by atoms with Crippen molar-refractivity contribution in [3.05, 3.63) is 25.6 Å². The number of benzene rings is 1. The number of carbonyl (C=O) groups is 1. The first kappa shape index (κ1) is 14.5. The molecule has 0 saturated carbocycles. The molecule has 1 aromatic rings. The van der Waals surface area contributed by atoms with Crippen LogP contribution in [0.3, 0.4) is 0 Å². The Morgan fingerprint density at radius 2 is 2.00 bits per heavy atom. The molecule has 1 heterocycles. The predicted molar refractivity (Wildman–Crippen MR) is 79.0 cm³/mol. The number of hydrogen-bond acceptors (Lipinski definition) is 3. The smallest absolute Gasteiger partial charge is 0.175 e. The van der Waals surface area contributed by atoms with Crippen LogP contribution in [0.5, 0.6) is 5.75 Å². The molecule has 0 aliphatic carbocycles. The molecule has 98 valence electrons. The van der Waals surface area contributed by atoms with Crippen molar-refractivity contribution in [1.29, 1.82) is 0 Å². The maximum atomic E-state index is 11.9. The lowest BCUT2D eigenvalue weighted by Gasteiger charge is -2.12. The molecule has 3 nitrogen and oxygen atoms in total. The molecule has 2 rings (SSSR count). The largest absolute Gasteiger partial charge is 0.483 e. The van der Waals surface area contributed by atoms with E-state index in [4.69, 9.17) is 9.47 Å². The molecule has 0 aromatic heterocycles. The fraction of sp³-hybridized carbons (Fsp3) is 0.417. The second-order valence-electron chi connectivity index (χ2n) is 4.01. The van der Waals surface area contributed by atoms with Crippen LogP contribution in [0.25, 0.3) is 0 Å². The highest BCUT2D eigenvalue weighted by molar-refractivity contribution is 9.11. The third kappa shape index (κ3) is 3.56. The average molecular weight is 443 g/mol. The average Bonchev–Trinajstić information content (AvgIpc) is 2.80. The van der Waals surface area contributed by atoms with Gasteiger partial charge < -0.3 is 9.47 Å². The molecule has 1 aliphatic rings. The minimum atomic E-state index is -0.0157. The standard InChI is InChI=1S/C12H11Br3O3/c13-8-3-9(14)12(10(15)4-8)18-6-11(16)7-1-2-17-5-7/h3-4,7H,1-2,5-6H2. The van der Waals surface area contributed by atoms with Crippen molar-refractivity contribution in [2.75, 3.05) is 19.8 Å². The molecule has 1 fully saturated rings. The summed E-state index contributed by atoms with van der Waals surface area (Å²) in [5.41, 5.74) is 0. The normalized spacial score (nSPS) is 18.9. The highest BCUT2D eigenvalue weighted by Gasteiger charge is 2.24. The van der Waals surface area contributed by atoms with E-state index in [0.29, 0.717) is 19.0 Å². The number of carbonyl (C=O) groups excluding carboxylic acids is 1. The summed E-state index contributed by atoms with van der Waals surface area (Å²) in [7, 11) is 0. The number of rotatable bonds is 4. The van der Waals surface area contributed by atoms with Crippen LogP contribution in [0.4, 0.5) is 0 Å². The van der Waals surface area contributed by atoms with Gasteiger partial charge >= 0.3 is 0 Å². The number of ether oxygens (including phenoxy) is 2. The molecule has 1 aromatic carbocycles. The van der Waals surface area contributed by atoms with E-state index in [9.17, 15) is 4.79 Å². The Hall–Kier alpha value is 0.0900. The number of ketones is 1. The lowest BCUT2D eigenvalue weighted by atomic mass is 10.0. The monoisotopic (exact) mass is 440 g/mol. The van der Waals surface area contributed by atoms with Crippen LogP contribution in [-0.2, 0) is 9.53 Å². The summed E-state index contributed by atoms with van der Waals surface area (Å²) >= 11 is 10.2. The molecule has 0 bridgehead atoms. The van der Waals surface area contributed by atoms with Gasteiger partial charge in [-0.25, -0.2) is 0 Å². The lowest BCUT2D eigenvalue weighted by Crippen LogP contribution is -2.21. The van der Waals surface area contributed by atoms with Gasteiger partial charge in [-0.3, -0.25) is 4.79 Å². The van der Waals surface area contributed by atoms with E-state index in [-0.39, 0.29) is 18.3 Å². The molecule has 0 radical (unpaired) electrons. The zero-order valence-electron chi connectivity index (χ0n) is 9.42. The summed E-state index contributed by atoms with van der Waals surface area (Å²) in [6, 6.07) is 3.76. The van der Waals surface area contributed by atoms with Crippen LogP contribution >= 0.6 is 47.8 Å². The SMILES string of the molecule is O=C(COc1c(Br)cc(Br)cc1Br)C1CCOC1. The van der Waals surface area contributed by atoms with E-state index in [1.807, 2.05) is 12.1 Å². The molecule has 0 amide bonds. The van der Waals surface area contributed by atoms with Crippen molar-refractivity contribution in [3.8, 4) is 5.75 Å². The van der Waals surface area contributed by atoms with E-state index in [0.717, 1.165) is 19.8 Å². The fourth-order valence-electron chi connectivity index (χ4n) is 1.72. The van der Waals surface area contributed by atoms with E-state index in [1.165, 1.54) is 0 Å². The number of halogens is 3. The highest BCUT2D eigenvalue weighted by atomic mass is 79.9. The Bertz CT molecular complexity index is 433. The Morgan fingerprint density at radius 3 is 2.56 bits per heavy atom. The van der Waals surface area contributed by atoms with Gasteiger partial charge in [0, 0.05) is 17.0 Å². The van der Waals surface area contributed by atoms with E-state index < -0.39 is 0 Å². The zero-order chi connectivity index (χ0) is 13.1. The van der Waals surface area contributed by atoms with E-state index >= 15 is 0 Å². The highest BCUT2D eigenvalue weighted by Crippen LogP contribution is 2.36. The van der Waals surface area contributed by atoms with Gasteiger partial charge in [-0.05, 0) is 50.4 Å². The van der Waals surface area contributed by atoms with Gasteiger partial charge in [-0.1, -0.05) is 15.9 Å². The predicted octanol–water partition coefficient (Wildman–Crippen LogP) is 3.96. The molecule has 0 N–H and O–H groups in total. The van der Waals surface area contributed by atoms with Gasteiger partial charge in [-0.2, -0.15) is 0 Å². The number of hydrogen-bond donors (Lipinski definition) is 0. The molecule has 1 aliphatic heterocycles. The van der Waals surface area contributed by atoms with Crippen LogP contribution in [0, 0.1) is 5.92 Å². The number of Topliss-reactive ketones (excluding diaryl/α,β-unsaturated/α-hetero) is 1. The van der Waals surface area contributed by atoms with Crippen LogP contribution in [0.15, 0.2) is 25.6 Å². The molecule has 1 saturated heterocycles. The fourth-order valence-corrected chi connectivity index (χ4v) is 4.20. The van der Waals surface area contributed by atoms with Gasteiger partial charge in [0.15, 0.2) is 5.78 Å². The van der Waals surface area contributed by atoms with Crippen LogP contribution in [-0.4, -0.2) is 25.6 Å². The Morgan fingerprint density at radius 1 is 1.33 bits per heavy atom. The van der Waals surface area contributed by atoms with Gasteiger partial charge in [0.05, 0.1) is 15.6 Å². The van der Waals surface area contributed by atoms with Gasteiger partial charge in [0.1, 0.15) is 12.4 Å². The van der Waals surface area contributed by atoms with Crippen LogP contribution < -0.4 is 4.74 Å². The Labute approximate surface area is 131 Å². The molecule has 6 heteroatoms. The summed E-state index contributed by atoms with van der Waals surface area (Å²) in [6.45, 7) is 1.26. The molecule has 1 atom stereocenters. The summed E-state index contributed by atoms with van der Waals surface area (Å²) in [6.07, 6.45) is 0.796. The third-order valence-electron chi connectivity index (χ3n) is 2.71. The summed E-state index contributed by atoms with van der Waals surface area (Å²) in [5, 5.41) is 0. The van der Waals surface area contributed by atoms with Crippen molar-refractivity contribution in [1.82, 2.24) is 0 Å². The minimum absolute atomic E-state index is 0.0157. The lowest BCUT2D eigenvalue weighted by molar-refractivity contribution is -0.124. The molecule has 18 heavy (non-hydrogen) atoms. The van der Waals surface area contributed by atoms with Gasteiger partial charge in [0.2, 0.25) is 0 Å². The Balaban J connectivity index is 1.99. The van der Waals surface area contributed by atoms with Crippen molar-refractivity contribution >= 4 is 53.6 Å². The van der Waals surface area contributed by atoms with Gasteiger partial charge in [0.25, 0.3) is 0 Å². The van der Waals surface area contributed by atoms with Crippen molar-refractivity contribution in [3.63, 3.8) is 0 Å². The second kappa shape index (κ2) is 6.50. The first-order valence-corrected chi connectivity index (χ1v) is 7.83. The quantitative estimate of drug-likeness (QED) is 0.708. The summed E-state index contributed by atoms with van der Waals surface area (Å²) in [5.74, 6) is 0.720. The van der Waals surface area contributed by atoms with Crippen LogP contribution in [0.2, 0.25) is 0 Å². The van der Waals surface area contributed by atoms with Gasteiger partial charge in [-0.15, -0.1) is 0 Å². The van der Waals surface area contributed by atoms with Crippen molar-refractivity contribution in [2.45, 2.75) is 6.42 Å². The topological polar surface area (TPSA) is 35.5 Å². The Kier molecular flexibility index (Phi) is 5.24. The summed E-state index contributed by atoms with van der Waals surface area (Å²) < 4.78 is 13.3. The van der Waals surface area contributed by atoms with E-state index in [2.05, 4.69) is 47.8 Å². The first-order chi connectivity index (χ1) is 8.58. The minimum Gasteiger partial charge on any atom is -0.483 e. The zero-order valence-corrected chi connectivity index (χ0v) is 14.2. The maximum absolute atomic E-state index is 11.9. The molecule has 0 spiro atoms. The van der Waals surface area contributed by atoms with E-state index in [1.54, 1.807) is 0 Å². The molecule has 1 unspecified atom stereocenters. The second-order valence-corrected chi connectivity index (χ2v) is 6.64. The van der Waals surface area contributed by atoms with Crippen molar-refractivity contribution in [2.24, 2.45) is 5.92 Å². The van der Waals surface area contributed by atoms with Crippen LogP contribution in [0.1, 0.15) is 6.42 Å². The molecular formula is C12H11Br3O3.